The van der Waals surface area contributed by atoms with E-state index in [0.717, 1.165) is 12.1 Å². The van der Waals surface area contributed by atoms with Gasteiger partial charge in [0.1, 0.15) is 0 Å². The normalized spacial score (nSPS) is 14.4. The van der Waals surface area contributed by atoms with Crippen molar-refractivity contribution in [2.24, 2.45) is 11.1 Å². The summed E-state index contributed by atoms with van der Waals surface area (Å²) in [6.45, 7) is 4.91. The highest BCUT2D eigenvalue weighted by atomic mass is 32.1. The van der Waals surface area contributed by atoms with Crippen LogP contribution in [-0.2, 0) is 11.0 Å². The number of hydrogen-bond acceptors (Lipinski definition) is 2. The van der Waals surface area contributed by atoms with Crippen LogP contribution in [0.1, 0.15) is 31.4 Å². The second-order valence-electron chi connectivity index (χ2n) is 5.03. The number of nitrogens with one attached hydrogen (secondary N) is 1. The molecule has 0 aromatic heterocycles. The maximum Gasteiger partial charge on any atom is 0.416 e. The van der Waals surface area contributed by atoms with Gasteiger partial charge in [-0.25, -0.2) is 0 Å². The molecule has 0 heterocycles. The van der Waals surface area contributed by atoms with E-state index in [-0.39, 0.29) is 10.7 Å². The zero-order valence-corrected chi connectivity index (χ0v) is 12.8. The van der Waals surface area contributed by atoms with E-state index in [9.17, 15) is 18.0 Å². The van der Waals surface area contributed by atoms with Gasteiger partial charge in [-0.1, -0.05) is 25.2 Å². The molecule has 0 aliphatic heterocycles. The minimum absolute atomic E-state index is 0.00660. The van der Waals surface area contributed by atoms with Crippen LogP contribution >= 0.6 is 12.2 Å². The molecule has 0 aliphatic rings. The highest BCUT2D eigenvalue weighted by molar-refractivity contribution is 7.80. The molecule has 1 rings (SSSR count). The molecule has 1 amide bonds. The molecule has 3 N–H and O–H groups in total. The maximum atomic E-state index is 12.7. The second-order valence-corrected chi connectivity index (χ2v) is 5.47. The Labute approximate surface area is 126 Å². The molecule has 1 unspecified atom stereocenters. The first-order valence-electron chi connectivity index (χ1n) is 6.31. The summed E-state index contributed by atoms with van der Waals surface area (Å²) in [7, 11) is 0. The van der Waals surface area contributed by atoms with Crippen molar-refractivity contribution in [1.29, 1.82) is 0 Å². The average Bonchev–Trinajstić information content (AvgIpc) is 2.38. The summed E-state index contributed by atoms with van der Waals surface area (Å²) in [6.07, 6.45) is -4.11. The van der Waals surface area contributed by atoms with Crippen LogP contribution in [0.25, 0.3) is 0 Å². The minimum Gasteiger partial charge on any atom is -0.392 e. The molecule has 21 heavy (non-hydrogen) atoms. The van der Waals surface area contributed by atoms with Crippen LogP contribution in [0.4, 0.5) is 18.9 Å². The van der Waals surface area contributed by atoms with Crippen LogP contribution in [0.5, 0.6) is 0 Å². The van der Waals surface area contributed by atoms with Crippen molar-refractivity contribution < 1.29 is 18.0 Å². The fourth-order valence-corrected chi connectivity index (χ4v) is 1.88. The van der Waals surface area contributed by atoms with Gasteiger partial charge >= 0.3 is 6.18 Å². The molecule has 0 fully saturated rings. The molecule has 3 nitrogen and oxygen atoms in total. The fourth-order valence-electron chi connectivity index (χ4n) is 1.64. The first kappa shape index (κ1) is 17.4. The summed E-state index contributed by atoms with van der Waals surface area (Å²) in [5.74, 6) is -0.514. The van der Waals surface area contributed by atoms with Gasteiger partial charge in [-0.05, 0) is 38.0 Å². The van der Waals surface area contributed by atoms with Crippen molar-refractivity contribution in [3.8, 4) is 0 Å². The van der Waals surface area contributed by atoms with Crippen molar-refractivity contribution in [2.75, 3.05) is 5.32 Å². The third kappa shape index (κ3) is 3.72. The number of thiocarbonyl (C=S) groups is 1. The molecule has 1 atom stereocenters. The van der Waals surface area contributed by atoms with Gasteiger partial charge in [0.25, 0.3) is 0 Å². The third-order valence-electron chi connectivity index (χ3n) is 3.57. The Hall–Kier alpha value is -1.63. The van der Waals surface area contributed by atoms with E-state index < -0.39 is 23.1 Å². The molecular formula is C14H17F3N2OS. The Morgan fingerprint density at radius 3 is 2.38 bits per heavy atom. The predicted octanol–water partition coefficient (Wildman–Crippen LogP) is 3.65. The van der Waals surface area contributed by atoms with Gasteiger partial charge in [-0.3, -0.25) is 4.79 Å². The van der Waals surface area contributed by atoms with Gasteiger partial charge in [-0.15, -0.1) is 0 Å². The highest BCUT2D eigenvalue weighted by Crippen LogP contribution is 2.33. The molecule has 0 saturated carbocycles. The molecule has 0 saturated heterocycles. The number of carbonyl (C=O) groups is 1. The zero-order valence-electron chi connectivity index (χ0n) is 12.0. The summed E-state index contributed by atoms with van der Waals surface area (Å²) in [6, 6.07) is 3.18. The number of hydrogen-bond donors (Lipinski definition) is 2. The van der Waals surface area contributed by atoms with E-state index in [0.29, 0.717) is 12.0 Å². The van der Waals surface area contributed by atoms with Crippen LogP contribution < -0.4 is 11.1 Å². The zero-order chi connectivity index (χ0) is 16.4. The Morgan fingerprint density at radius 1 is 1.38 bits per heavy atom. The number of nitrogens with two attached hydrogens (primary N) is 1. The largest absolute Gasteiger partial charge is 0.416 e. The Balaban J connectivity index is 3.13. The summed E-state index contributed by atoms with van der Waals surface area (Å²) in [5, 5.41) is 2.49. The standard InChI is InChI=1S/C14H17F3N2OS/c1-4-13(3,11(18)21)12(20)19-10-7-9(14(15,16)17)6-5-8(10)2/h5-7H,4H2,1-3H3,(H2,18,21)(H,19,20). The Kier molecular flexibility index (Phi) is 4.99. The number of amides is 1. The molecule has 0 spiro atoms. The lowest BCUT2D eigenvalue weighted by molar-refractivity contribution is -0.137. The number of aryl methyl sites for hydroxylation is 1. The first-order chi connectivity index (χ1) is 9.52. The summed E-state index contributed by atoms with van der Waals surface area (Å²) in [4.78, 5) is 12.3. The molecule has 0 radical (unpaired) electrons. The van der Waals surface area contributed by atoms with Crippen molar-refractivity contribution >= 4 is 28.8 Å². The van der Waals surface area contributed by atoms with Crippen LogP contribution in [0.15, 0.2) is 18.2 Å². The average molecular weight is 318 g/mol. The van der Waals surface area contributed by atoms with Crippen LogP contribution in [0.2, 0.25) is 0 Å². The van der Waals surface area contributed by atoms with Crippen molar-refractivity contribution in [3.05, 3.63) is 29.3 Å². The summed E-state index contributed by atoms with van der Waals surface area (Å²) in [5.41, 5.74) is 4.27. The van der Waals surface area contributed by atoms with Crippen LogP contribution in [0.3, 0.4) is 0 Å². The van der Waals surface area contributed by atoms with Crippen LogP contribution in [-0.4, -0.2) is 10.9 Å². The number of carbonyl (C=O) groups excluding carboxylic acids is 1. The fraction of sp³-hybridized carbons (Fsp3) is 0.429. The molecule has 7 heteroatoms. The van der Waals surface area contributed by atoms with E-state index in [1.165, 1.54) is 6.07 Å². The molecule has 0 bridgehead atoms. The van der Waals surface area contributed by atoms with E-state index in [4.69, 9.17) is 18.0 Å². The van der Waals surface area contributed by atoms with E-state index >= 15 is 0 Å². The SMILES string of the molecule is CCC(C)(C(=O)Nc1cc(C(F)(F)F)ccc1C)C(N)=S. The third-order valence-corrected chi connectivity index (χ3v) is 4.02. The quantitative estimate of drug-likeness (QED) is 0.833. The second kappa shape index (κ2) is 6.01. The summed E-state index contributed by atoms with van der Waals surface area (Å²) < 4.78 is 38.1. The maximum absolute atomic E-state index is 12.7. The van der Waals surface area contributed by atoms with Gasteiger partial charge in [0.05, 0.1) is 16.0 Å². The van der Waals surface area contributed by atoms with Crippen molar-refractivity contribution in [3.63, 3.8) is 0 Å². The Morgan fingerprint density at radius 2 is 1.95 bits per heavy atom. The monoisotopic (exact) mass is 318 g/mol. The van der Waals surface area contributed by atoms with E-state index in [1.807, 2.05) is 0 Å². The van der Waals surface area contributed by atoms with Crippen molar-refractivity contribution in [1.82, 2.24) is 0 Å². The van der Waals surface area contributed by atoms with Crippen LogP contribution in [0, 0.1) is 12.3 Å². The first-order valence-corrected chi connectivity index (χ1v) is 6.72. The number of benzene rings is 1. The lowest BCUT2D eigenvalue weighted by atomic mass is 9.86. The van der Waals surface area contributed by atoms with E-state index in [2.05, 4.69) is 5.32 Å². The Bertz CT molecular complexity index is 572. The summed E-state index contributed by atoms with van der Waals surface area (Å²) >= 11 is 4.88. The molecule has 1 aromatic rings. The van der Waals surface area contributed by atoms with Gasteiger partial charge < -0.3 is 11.1 Å². The van der Waals surface area contributed by atoms with Gasteiger partial charge in [0.15, 0.2) is 0 Å². The molecule has 116 valence electrons. The minimum atomic E-state index is -4.47. The number of rotatable bonds is 4. The van der Waals surface area contributed by atoms with E-state index in [1.54, 1.807) is 20.8 Å². The topological polar surface area (TPSA) is 55.1 Å². The van der Waals surface area contributed by atoms with Gasteiger partial charge in [-0.2, -0.15) is 13.2 Å². The number of alkyl halides is 3. The lowest BCUT2D eigenvalue weighted by Gasteiger charge is -2.26. The lowest BCUT2D eigenvalue weighted by Crippen LogP contribution is -2.43. The number of halogens is 3. The molecule has 1 aromatic carbocycles. The molecular weight excluding hydrogens is 301 g/mol. The molecule has 0 aliphatic carbocycles. The predicted molar refractivity (Wildman–Crippen MR) is 80.0 cm³/mol. The van der Waals surface area contributed by atoms with Crippen molar-refractivity contribution in [2.45, 2.75) is 33.4 Å². The smallest absolute Gasteiger partial charge is 0.392 e. The highest BCUT2D eigenvalue weighted by Gasteiger charge is 2.35. The number of anilines is 1. The van der Waals surface area contributed by atoms with Gasteiger partial charge in [0.2, 0.25) is 5.91 Å². The van der Waals surface area contributed by atoms with Gasteiger partial charge in [0, 0.05) is 5.69 Å².